The number of nitriles is 1. The number of rotatable bonds is 1. The van der Waals surface area contributed by atoms with Gasteiger partial charge in [0.05, 0.1) is 11.6 Å². The van der Waals surface area contributed by atoms with Gasteiger partial charge in [-0.15, -0.1) is 0 Å². The maximum atomic E-state index is 8.57. The van der Waals surface area contributed by atoms with Gasteiger partial charge in [0.25, 0.3) is 0 Å². The zero-order valence-electron chi connectivity index (χ0n) is 9.86. The van der Waals surface area contributed by atoms with Crippen molar-refractivity contribution >= 4 is 5.69 Å². The summed E-state index contributed by atoms with van der Waals surface area (Å²) in [5, 5.41) is 8.57. The number of anilines is 1. The number of nitrogens with zero attached hydrogens (tertiary/aromatic N) is 2. The molecule has 56 valence electrons. The average Bonchev–Trinajstić information content (AvgIpc) is 2.18. The fourth-order valence-corrected chi connectivity index (χ4v) is 0.708. The molecule has 0 spiro atoms. The molecule has 11 heavy (non-hydrogen) atoms. The summed E-state index contributed by atoms with van der Waals surface area (Å²) in [5.74, 6) is 0. The fraction of sp³-hybridized carbons (Fsp3) is 0.222. The van der Waals surface area contributed by atoms with E-state index in [9.17, 15) is 0 Å². The Morgan fingerprint density at radius 2 is 2.00 bits per heavy atom. The van der Waals surface area contributed by atoms with Crippen LogP contribution in [0.25, 0.3) is 0 Å². The van der Waals surface area contributed by atoms with Gasteiger partial charge in [-0.2, -0.15) is 5.26 Å². The summed E-state index contributed by atoms with van der Waals surface area (Å²) >= 11 is 0. The largest absolute Gasteiger partial charge is 0.378 e. The van der Waals surface area contributed by atoms with E-state index in [2.05, 4.69) is 0 Å². The van der Waals surface area contributed by atoms with Crippen LogP contribution in [0.3, 0.4) is 0 Å². The minimum absolute atomic E-state index is 0.430. The zero-order valence-corrected chi connectivity index (χ0v) is 5.86. The molecule has 1 aromatic carbocycles. The van der Waals surface area contributed by atoms with Gasteiger partial charge >= 0.3 is 0 Å². The lowest BCUT2D eigenvalue weighted by Gasteiger charge is -2.11. The molecule has 0 aliphatic carbocycles. The predicted molar refractivity (Wildman–Crippen MR) is 45.5 cm³/mol. The van der Waals surface area contributed by atoms with Gasteiger partial charge in [-0.05, 0) is 24.3 Å². The summed E-state index contributed by atoms with van der Waals surface area (Å²) in [4.78, 5) is 1.00. The first-order valence-corrected chi connectivity index (χ1v) is 3.03. The normalized spacial score (nSPS) is 14.6. The lowest BCUT2D eigenvalue weighted by Crippen LogP contribution is -2.07. The Morgan fingerprint density at radius 3 is 2.45 bits per heavy atom. The van der Waals surface area contributed by atoms with Crippen LogP contribution in [-0.2, 0) is 0 Å². The smallest absolute Gasteiger partial charge is 0.0991 e. The number of hydrogen-bond acceptors (Lipinski definition) is 2. The van der Waals surface area contributed by atoms with Crippen molar-refractivity contribution in [3.05, 3.63) is 29.8 Å². The van der Waals surface area contributed by atoms with Crippen molar-refractivity contribution in [1.82, 2.24) is 0 Å². The molecule has 1 aromatic rings. The van der Waals surface area contributed by atoms with E-state index in [0.29, 0.717) is 11.3 Å². The molecular weight excluding hydrogens is 136 g/mol. The summed E-state index contributed by atoms with van der Waals surface area (Å²) in [6.07, 6.45) is 0. The Hall–Kier alpha value is -1.49. The molecule has 0 N–H and O–H groups in total. The molecule has 0 atom stereocenters. The van der Waals surface area contributed by atoms with E-state index in [1.54, 1.807) is 0 Å². The molecule has 0 radical (unpaired) electrons. The van der Waals surface area contributed by atoms with Crippen LogP contribution in [-0.4, -0.2) is 14.0 Å². The average molecular weight is 150 g/mol. The molecule has 2 nitrogen and oxygen atoms in total. The fourth-order valence-electron chi connectivity index (χ4n) is 0.708. The first kappa shape index (κ1) is 3.77. The molecule has 0 aliphatic rings. The third-order valence-corrected chi connectivity index (χ3v) is 1.29. The van der Waals surface area contributed by atoms with Crippen molar-refractivity contribution in [2.45, 2.75) is 0 Å². The molecule has 0 heterocycles. The zero-order chi connectivity index (χ0) is 11.4. The number of benzene rings is 1. The van der Waals surface area contributed by atoms with Crippen molar-refractivity contribution in [2.24, 2.45) is 0 Å². The van der Waals surface area contributed by atoms with Crippen LogP contribution in [0.5, 0.6) is 0 Å². The van der Waals surface area contributed by atoms with E-state index in [1.165, 1.54) is 24.3 Å². The Morgan fingerprint density at radius 1 is 1.36 bits per heavy atom. The molecule has 0 saturated carbocycles. The SMILES string of the molecule is [2H]C([2H])N(c1ccc(C#N)cc1)C([2H])[2H]. The molecule has 0 bridgehead atoms. The van der Waals surface area contributed by atoms with E-state index in [4.69, 9.17) is 10.7 Å². The Bertz CT molecular complexity index is 347. The molecule has 0 aliphatic heterocycles. The van der Waals surface area contributed by atoms with Crippen LogP contribution in [0.2, 0.25) is 0 Å². The lowest BCUT2D eigenvalue weighted by molar-refractivity contribution is 1.13. The van der Waals surface area contributed by atoms with Crippen molar-refractivity contribution in [3.8, 4) is 6.07 Å². The van der Waals surface area contributed by atoms with Gasteiger partial charge in [0.15, 0.2) is 0 Å². The van der Waals surface area contributed by atoms with E-state index >= 15 is 0 Å². The monoisotopic (exact) mass is 150 g/mol. The molecular formula is C9H10N2. The van der Waals surface area contributed by atoms with Gasteiger partial charge in [-0.1, -0.05) is 0 Å². The summed E-state index contributed by atoms with van der Waals surface area (Å²) in [6.45, 7) is -2.81. The predicted octanol–water partition coefficient (Wildman–Crippen LogP) is 1.62. The maximum absolute atomic E-state index is 8.57. The Labute approximate surface area is 72.3 Å². The highest BCUT2D eigenvalue weighted by atomic mass is 15.1. The highest BCUT2D eigenvalue weighted by molar-refractivity contribution is 5.48. The van der Waals surface area contributed by atoms with E-state index in [-0.39, 0.29) is 0 Å². The topological polar surface area (TPSA) is 27.0 Å². The summed E-state index contributed by atoms with van der Waals surface area (Å²) in [7, 11) is 0. The summed E-state index contributed by atoms with van der Waals surface area (Å²) < 4.78 is 28.8. The van der Waals surface area contributed by atoms with Gasteiger partial charge in [0.1, 0.15) is 0 Å². The maximum Gasteiger partial charge on any atom is 0.0991 e. The quantitative estimate of drug-likeness (QED) is 0.608. The standard InChI is InChI=1S/C9H10N2/c1-11(2)9-5-3-8(7-10)4-6-9/h3-6H,1-2H3/i1D2,2D2. The van der Waals surface area contributed by atoms with Crippen LogP contribution in [0, 0.1) is 11.3 Å². The van der Waals surface area contributed by atoms with E-state index in [0.717, 1.165) is 4.90 Å². The van der Waals surface area contributed by atoms with Crippen molar-refractivity contribution in [3.63, 3.8) is 0 Å². The molecule has 1 rings (SSSR count). The Kier molecular flexibility index (Phi) is 1.05. The molecule has 0 saturated heterocycles. The molecule has 2 heteroatoms. The van der Waals surface area contributed by atoms with Gasteiger partial charge in [0, 0.05) is 25.2 Å². The van der Waals surface area contributed by atoms with Crippen LogP contribution in [0.15, 0.2) is 24.3 Å². The van der Waals surface area contributed by atoms with Gasteiger partial charge in [0.2, 0.25) is 0 Å². The molecule has 0 fully saturated rings. The van der Waals surface area contributed by atoms with Crippen LogP contribution in [0.4, 0.5) is 5.69 Å². The second-order valence-electron chi connectivity index (χ2n) is 2.07. The minimum atomic E-state index is -1.40. The second-order valence-corrected chi connectivity index (χ2v) is 2.07. The minimum Gasteiger partial charge on any atom is -0.378 e. The Balaban J connectivity index is 2.98. The number of hydrogen-bond donors (Lipinski definition) is 0. The van der Waals surface area contributed by atoms with Gasteiger partial charge < -0.3 is 4.90 Å². The van der Waals surface area contributed by atoms with Crippen LogP contribution >= 0.6 is 0 Å². The van der Waals surface area contributed by atoms with Crippen molar-refractivity contribution in [2.75, 3.05) is 18.9 Å². The third-order valence-electron chi connectivity index (χ3n) is 1.29. The first-order chi connectivity index (χ1) is 7.06. The summed E-state index contributed by atoms with van der Waals surface area (Å²) in [6, 6.07) is 8.08. The van der Waals surface area contributed by atoms with E-state index < -0.39 is 14.0 Å². The van der Waals surface area contributed by atoms with Gasteiger partial charge in [-0.25, -0.2) is 0 Å². The first-order valence-electron chi connectivity index (χ1n) is 5.34. The highest BCUT2D eigenvalue weighted by Gasteiger charge is 1.93. The van der Waals surface area contributed by atoms with E-state index in [1.807, 2.05) is 6.07 Å². The third kappa shape index (κ3) is 1.71. The molecule has 0 aromatic heterocycles. The van der Waals surface area contributed by atoms with Crippen molar-refractivity contribution in [1.29, 1.82) is 5.26 Å². The second kappa shape index (κ2) is 3.07. The van der Waals surface area contributed by atoms with Crippen LogP contribution in [0.1, 0.15) is 11.0 Å². The van der Waals surface area contributed by atoms with Crippen LogP contribution < -0.4 is 4.90 Å². The lowest BCUT2D eigenvalue weighted by atomic mass is 10.2. The molecule has 0 amide bonds. The summed E-state index contributed by atoms with van der Waals surface area (Å²) in [5.41, 5.74) is 0.899. The molecule has 0 unspecified atom stereocenters. The highest BCUT2D eigenvalue weighted by Crippen LogP contribution is 2.10. The van der Waals surface area contributed by atoms with Crippen molar-refractivity contribution < 1.29 is 5.48 Å². The van der Waals surface area contributed by atoms with Gasteiger partial charge in [-0.3, -0.25) is 0 Å².